The summed E-state index contributed by atoms with van der Waals surface area (Å²) in [5.41, 5.74) is 15.7. The summed E-state index contributed by atoms with van der Waals surface area (Å²) in [6.45, 7) is 13.6. The minimum atomic E-state index is -0.490. The van der Waals surface area contributed by atoms with Crippen molar-refractivity contribution < 1.29 is 27.9 Å². The molecule has 1 aliphatic heterocycles. The van der Waals surface area contributed by atoms with E-state index in [1.807, 2.05) is 92.9 Å². The van der Waals surface area contributed by atoms with Crippen LogP contribution in [0.5, 0.6) is 17.5 Å². The summed E-state index contributed by atoms with van der Waals surface area (Å²) in [4.78, 5) is 24.8. The molecule has 0 aliphatic carbocycles. The second kappa shape index (κ2) is 24.0. The van der Waals surface area contributed by atoms with Crippen molar-refractivity contribution in [1.82, 2.24) is 59.2 Å². The van der Waals surface area contributed by atoms with Crippen molar-refractivity contribution >= 4 is 47.3 Å². The first-order valence-electron chi connectivity index (χ1n) is 21.6. The lowest BCUT2D eigenvalue weighted by Crippen LogP contribution is -2.41. The Balaban J connectivity index is 0.000000169. The van der Waals surface area contributed by atoms with Crippen molar-refractivity contribution in [1.29, 1.82) is 0 Å². The van der Waals surface area contributed by atoms with E-state index in [4.69, 9.17) is 42.2 Å². The lowest BCUT2D eigenvalue weighted by atomic mass is 9.82. The molecule has 18 nitrogen and oxygen atoms in total. The van der Waals surface area contributed by atoms with Crippen LogP contribution in [0.3, 0.4) is 0 Å². The van der Waals surface area contributed by atoms with Gasteiger partial charge in [-0.25, -0.2) is 33.7 Å². The summed E-state index contributed by atoms with van der Waals surface area (Å²) in [6, 6.07) is 10.6. The molecule has 23 heteroatoms. The second-order valence-electron chi connectivity index (χ2n) is 16.5. The molecule has 1 fully saturated rings. The number of hydrogen-bond donors (Lipinski definition) is 3. The number of aromatic nitrogens is 12. The molecule has 0 saturated carbocycles. The molecule has 0 amide bonds. The fourth-order valence-corrected chi connectivity index (χ4v) is 6.44. The Morgan fingerprint density at radius 2 is 1.26 bits per heavy atom. The lowest BCUT2D eigenvalue weighted by Gasteiger charge is -2.32. The van der Waals surface area contributed by atoms with Crippen molar-refractivity contribution in [3.63, 3.8) is 0 Å². The highest BCUT2D eigenvalue weighted by Gasteiger charge is 2.52. The molecule has 5 N–H and O–H groups in total. The highest BCUT2D eigenvalue weighted by molar-refractivity contribution is 7.98. The number of halogens is 3. The Bertz CT molecular complexity index is 2920. The van der Waals surface area contributed by atoms with Gasteiger partial charge in [-0.1, -0.05) is 30.3 Å². The summed E-state index contributed by atoms with van der Waals surface area (Å²) >= 11 is 7.04. The van der Waals surface area contributed by atoms with Crippen molar-refractivity contribution in [2.45, 2.75) is 71.2 Å². The van der Waals surface area contributed by atoms with Gasteiger partial charge in [-0.3, -0.25) is 14.0 Å². The van der Waals surface area contributed by atoms with Gasteiger partial charge in [0.05, 0.1) is 46.4 Å². The maximum atomic E-state index is 13.4. The van der Waals surface area contributed by atoms with Crippen LogP contribution in [0.4, 0.5) is 20.2 Å². The van der Waals surface area contributed by atoms with Gasteiger partial charge in [0.25, 0.3) is 0 Å². The van der Waals surface area contributed by atoms with Crippen LogP contribution in [-0.4, -0.2) is 88.9 Å². The number of aromatic hydroxyl groups is 1. The number of phenols is 1. The number of rotatable bonds is 7. The smallest absolute Gasteiger partial charge is 0.498 e. The zero-order chi connectivity index (χ0) is 51.3. The van der Waals surface area contributed by atoms with Gasteiger partial charge in [-0.2, -0.15) is 20.3 Å². The number of ether oxygens (including phenoxy) is 1. The molecule has 1 aliphatic rings. The number of nitrogens with two attached hydrogens (primary N) is 2. The Morgan fingerprint density at radius 3 is 1.76 bits per heavy atom. The van der Waals surface area contributed by atoms with Crippen molar-refractivity contribution in [2.75, 3.05) is 17.7 Å². The molecule has 8 aromatic rings. The van der Waals surface area contributed by atoms with E-state index in [9.17, 15) is 8.78 Å². The maximum absolute atomic E-state index is 13.4. The molecule has 1 saturated heterocycles. The molecule has 0 bridgehead atoms. The Labute approximate surface area is 415 Å². The van der Waals surface area contributed by atoms with E-state index in [0.717, 1.165) is 34.5 Å². The second-order valence-corrected chi connectivity index (χ2v) is 17.7. The molecular weight excluding hydrogens is 941 g/mol. The van der Waals surface area contributed by atoms with Crippen LogP contribution in [-0.2, 0) is 36.9 Å². The van der Waals surface area contributed by atoms with Gasteiger partial charge in [0, 0.05) is 99.7 Å². The van der Waals surface area contributed by atoms with Gasteiger partial charge in [-0.05, 0) is 89.3 Å². The van der Waals surface area contributed by atoms with Crippen LogP contribution in [0.1, 0.15) is 51.6 Å². The topological polar surface area (TPSA) is 231 Å². The number of nitrogen functional groups attached to an aromatic ring is 2. The number of nitrogens with zero attached hydrogens (tertiary/aromatic N) is 12. The number of aryl methyl sites for hydroxylation is 6. The number of phenolic OH excluding ortho intramolecular Hbond substituents is 1. The van der Waals surface area contributed by atoms with E-state index < -0.39 is 11.6 Å². The van der Waals surface area contributed by atoms with Crippen molar-refractivity contribution in [3.05, 3.63) is 132 Å². The Kier molecular flexibility index (Phi) is 18.5. The van der Waals surface area contributed by atoms with E-state index in [2.05, 4.69) is 45.2 Å². The first kappa shape index (κ1) is 53.9. The van der Waals surface area contributed by atoms with Crippen LogP contribution < -0.4 is 21.7 Å². The predicted octanol–water partition coefficient (Wildman–Crippen LogP) is 8.13. The molecule has 368 valence electrons. The zero-order valence-electron chi connectivity index (χ0n) is 40.8. The van der Waals surface area contributed by atoms with Crippen LogP contribution in [0, 0.1) is 25.5 Å². The SMILES string of the molecule is CCc1nccc(-c2cnn(C)c2)n1.CSc1nccc(Cl)n1.Cc1cc(F)c(N)cc1O.Cc1cc(F)c(N)cc1Oc1nccc(-c2cnn(C)c2)n1.Cn1cc(B2OC(C)(C)C(C)(C)O2)cn1. The predicted molar refractivity (Wildman–Crippen MR) is 268 cm³/mol. The summed E-state index contributed by atoms with van der Waals surface area (Å²) in [5.74, 6) is 0.345. The van der Waals surface area contributed by atoms with Crippen LogP contribution in [0.15, 0.2) is 103 Å². The number of benzene rings is 2. The minimum Gasteiger partial charge on any atom is -0.508 e. The minimum absolute atomic E-state index is 0.0176. The average Bonchev–Trinajstić information content (AvgIpc) is 4.12. The summed E-state index contributed by atoms with van der Waals surface area (Å²) in [5, 5.41) is 22.5. The van der Waals surface area contributed by atoms with Gasteiger partial charge in [0.1, 0.15) is 34.1 Å². The van der Waals surface area contributed by atoms with Gasteiger partial charge in [0.15, 0.2) is 5.16 Å². The standard InChI is InChI=1S/C15H14FN5O.C10H17BN2O2.C10H12N4.C7H8FNO.C5H5ClN2S/c1-9-5-11(16)12(17)6-14(9)22-15-18-4-3-13(20-15)10-7-19-21(2)8-10;1-9(2)10(3,4)15-11(14-9)8-6-12-13(5)7-8;1-3-10-11-5-4-9(13-10)8-6-12-14(2)7-8;1-4-2-5(8)6(9)3-7(4)10;1-9-5-7-3-2-4(6)8-5/h3-8H,17H2,1-2H3;6-7H,1-5H3;4-7H,3H2,1-2H3;2-3,10H,9H2,1H3;2-3H,1H3. The molecule has 6 aromatic heterocycles. The van der Waals surface area contributed by atoms with E-state index in [-0.39, 0.29) is 41.5 Å². The van der Waals surface area contributed by atoms with Crippen molar-refractivity contribution in [2.24, 2.45) is 21.1 Å². The van der Waals surface area contributed by atoms with Gasteiger partial charge >= 0.3 is 13.1 Å². The van der Waals surface area contributed by atoms with E-state index >= 15 is 0 Å². The molecule has 70 heavy (non-hydrogen) atoms. The largest absolute Gasteiger partial charge is 0.508 e. The molecule has 0 spiro atoms. The first-order chi connectivity index (χ1) is 33.1. The molecule has 0 unspecified atom stereocenters. The number of thioether (sulfide) groups is 1. The van der Waals surface area contributed by atoms with Crippen molar-refractivity contribution in [3.8, 4) is 40.0 Å². The van der Waals surface area contributed by atoms with Crippen LogP contribution >= 0.6 is 23.4 Å². The third kappa shape index (κ3) is 15.0. The third-order valence-electron chi connectivity index (χ3n) is 10.5. The summed E-state index contributed by atoms with van der Waals surface area (Å²) in [6.07, 6.45) is 18.8. The summed E-state index contributed by atoms with van der Waals surface area (Å²) < 4.78 is 48.5. The van der Waals surface area contributed by atoms with Gasteiger partial charge < -0.3 is 30.6 Å². The van der Waals surface area contributed by atoms with E-state index in [1.165, 1.54) is 36.0 Å². The van der Waals surface area contributed by atoms with E-state index in [0.29, 0.717) is 32.9 Å². The average molecular weight is 997 g/mol. The molecule has 0 radical (unpaired) electrons. The highest BCUT2D eigenvalue weighted by atomic mass is 35.5. The lowest BCUT2D eigenvalue weighted by molar-refractivity contribution is 0.00578. The van der Waals surface area contributed by atoms with Gasteiger partial charge in [-0.15, -0.1) is 0 Å². The molecule has 7 heterocycles. The molecule has 0 atom stereocenters. The highest BCUT2D eigenvalue weighted by Crippen LogP contribution is 2.36. The monoisotopic (exact) mass is 996 g/mol. The Hall–Kier alpha value is -7.01. The number of anilines is 2. The molecule has 9 rings (SSSR count). The fourth-order valence-electron chi connectivity index (χ4n) is 5.90. The Morgan fingerprint density at radius 1 is 0.729 bits per heavy atom. The van der Waals surface area contributed by atoms with Gasteiger partial charge in [0.2, 0.25) is 0 Å². The first-order valence-corrected chi connectivity index (χ1v) is 23.2. The maximum Gasteiger partial charge on any atom is 0.498 e. The fraction of sp³-hybridized carbons (Fsp3) is 0.298. The quantitative estimate of drug-likeness (QED) is 0.0450. The van der Waals surface area contributed by atoms with Crippen LogP contribution in [0.2, 0.25) is 5.15 Å². The normalized spacial score (nSPS) is 13.1. The molecule has 2 aromatic carbocycles. The van der Waals surface area contributed by atoms with Crippen LogP contribution in [0.25, 0.3) is 22.5 Å². The number of hydrogen-bond acceptors (Lipinski definition) is 16. The van der Waals surface area contributed by atoms with E-state index in [1.54, 1.807) is 71.0 Å². The summed E-state index contributed by atoms with van der Waals surface area (Å²) in [7, 11) is 5.30. The molecular formula is C47H56BClF2N14O4S. The third-order valence-corrected chi connectivity index (χ3v) is 11.3. The zero-order valence-corrected chi connectivity index (χ0v) is 42.3.